The van der Waals surface area contributed by atoms with Crippen molar-refractivity contribution in [2.75, 3.05) is 36.2 Å². The molecule has 104 valence electrons. The van der Waals surface area contributed by atoms with Crippen LogP contribution < -0.4 is 15.5 Å². The summed E-state index contributed by atoms with van der Waals surface area (Å²) in [6.45, 7) is 1.82. The molecule has 5 nitrogen and oxygen atoms in total. The van der Waals surface area contributed by atoms with E-state index in [1.807, 2.05) is 14.1 Å². The molecule has 1 aliphatic heterocycles. The van der Waals surface area contributed by atoms with Gasteiger partial charge < -0.3 is 15.5 Å². The Balaban J connectivity index is 1.95. The highest BCUT2D eigenvalue weighted by Gasteiger charge is 2.22. The highest BCUT2D eigenvalue weighted by atomic mass is 15.2. The first-order valence-corrected chi connectivity index (χ1v) is 6.85. The molecule has 3 rings (SSSR count). The van der Waals surface area contributed by atoms with Crippen molar-refractivity contribution >= 4 is 17.2 Å². The van der Waals surface area contributed by atoms with E-state index < -0.39 is 0 Å². The maximum absolute atomic E-state index is 4.41. The third-order valence-electron chi connectivity index (χ3n) is 3.75. The Bertz CT molecular complexity index is 597. The molecule has 0 saturated carbocycles. The van der Waals surface area contributed by atoms with E-state index in [0.717, 1.165) is 36.7 Å². The second kappa shape index (κ2) is 5.36. The highest BCUT2D eigenvalue weighted by Crippen LogP contribution is 2.31. The van der Waals surface area contributed by atoms with Gasteiger partial charge in [0.15, 0.2) is 0 Å². The smallest absolute Gasteiger partial charge is 0.134 e. The molecule has 2 aromatic rings. The molecule has 0 spiro atoms. The van der Waals surface area contributed by atoms with Crippen LogP contribution in [0.25, 0.3) is 0 Å². The Morgan fingerprint density at radius 1 is 1.10 bits per heavy atom. The number of rotatable bonds is 3. The summed E-state index contributed by atoms with van der Waals surface area (Å²) < 4.78 is 0. The summed E-state index contributed by atoms with van der Waals surface area (Å²) in [4.78, 5) is 11.1. The van der Waals surface area contributed by atoms with Gasteiger partial charge >= 0.3 is 0 Å². The first-order valence-electron chi connectivity index (χ1n) is 6.85. The molecule has 0 fully saturated rings. The average Bonchev–Trinajstić information content (AvgIpc) is 2.53. The fourth-order valence-electron chi connectivity index (χ4n) is 2.72. The zero-order valence-corrected chi connectivity index (χ0v) is 11.8. The highest BCUT2D eigenvalue weighted by molar-refractivity contribution is 5.70. The molecule has 0 unspecified atom stereocenters. The molecule has 2 N–H and O–H groups in total. The topological polar surface area (TPSA) is 53.1 Å². The lowest BCUT2D eigenvalue weighted by molar-refractivity contribution is 0.708. The van der Waals surface area contributed by atoms with E-state index in [9.17, 15) is 0 Å². The Morgan fingerprint density at radius 3 is 2.75 bits per heavy atom. The summed E-state index contributed by atoms with van der Waals surface area (Å²) in [5.41, 5.74) is 4.74. The third-order valence-corrected chi connectivity index (χ3v) is 3.75. The standard InChI is InChI=1S/C15H19N5/c1-16-13-5-3-4-6-14(13)20-8-7-12-11(9-20)15(17-2)19-10-18-12/h3-6,10,16H,7-9H2,1-2H3,(H,17,18,19). The quantitative estimate of drug-likeness (QED) is 0.894. The minimum absolute atomic E-state index is 0.838. The van der Waals surface area contributed by atoms with E-state index in [2.05, 4.69) is 49.8 Å². The molecule has 0 aliphatic carbocycles. The lowest BCUT2D eigenvalue weighted by atomic mass is 10.0. The summed E-state index contributed by atoms with van der Waals surface area (Å²) in [5.74, 6) is 0.932. The van der Waals surface area contributed by atoms with E-state index in [1.165, 1.54) is 11.3 Å². The lowest BCUT2D eigenvalue weighted by Crippen LogP contribution is -2.32. The van der Waals surface area contributed by atoms with Gasteiger partial charge in [-0.1, -0.05) is 12.1 Å². The second-order valence-electron chi connectivity index (χ2n) is 4.84. The van der Waals surface area contributed by atoms with Gasteiger partial charge in [0.05, 0.1) is 17.1 Å². The predicted molar refractivity (Wildman–Crippen MR) is 82.3 cm³/mol. The molecule has 0 atom stereocenters. The van der Waals surface area contributed by atoms with Gasteiger partial charge in [-0.2, -0.15) is 0 Å². The molecule has 2 heterocycles. The van der Waals surface area contributed by atoms with Gasteiger partial charge in [0, 0.05) is 39.2 Å². The second-order valence-corrected chi connectivity index (χ2v) is 4.84. The van der Waals surface area contributed by atoms with E-state index >= 15 is 0 Å². The molecule has 0 amide bonds. The fraction of sp³-hybridized carbons (Fsp3) is 0.333. The van der Waals surface area contributed by atoms with Crippen molar-refractivity contribution in [1.29, 1.82) is 0 Å². The predicted octanol–water partition coefficient (Wildman–Crippen LogP) is 2.12. The molecule has 1 aliphatic rings. The van der Waals surface area contributed by atoms with E-state index in [-0.39, 0.29) is 0 Å². The number of benzene rings is 1. The molecule has 20 heavy (non-hydrogen) atoms. The lowest BCUT2D eigenvalue weighted by Gasteiger charge is -2.32. The van der Waals surface area contributed by atoms with Crippen LogP contribution in [-0.2, 0) is 13.0 Å². The van der Waals surface area contributed by atoms with Crippen LogP contribution in [0.4, 0.5) is 17.2 Å². The SMILES string of the molecule is CNc1ccccc1N1CCc2ncnc(NC)c2C1. The molecule has 0 radical (unpaired) electrons. The largest absolute Gasteiger partial charge is 0.386 e. The van der Waals surface area contributed by atoms with Crippen LogP contribution in [0.15, 0.2) is 30.6 Å². The Kier molecular flexibility index (Phi) is 3.41. The van der Waals surface area contributed by atoms with Crippen LogP contribution in [0.3, 0.4) is 0 Å². The first kappa shape index (κ1) is 12.7. The van der Waals surface area contributed by atoms with Crippen molar-refractivity contribution in [1.82, 2.24) is 9.97 Å². The van der Waals surface area contributed by atoms with Gasteiger partial charge in [-0.3, -0.25) is 0 Å². The Hall–Kier alpha value is -2.30. The molecule has 0 bridgehead atoms. The summed E-state index contributed by atoms with van der Waals surface area (Å²) >= 11 is 0. The maximum atomic E-state index is 4.41. The molecular weight excluding hydrogens is 250 g/mol. The number of aromatic nitrogens is 2. The van der Waals surface area contributed by atoms with Crippen LogP contribution in [0.2, 0.25) is 0 Å². The van der Waals surface area contributed by atoms with Crippen molar-refractivity contribution in [3.63, 3.8) is 0 Å². The number of nitrogens with one attached hydrogen (secondary N) is 2. The summed E-state index contributed by atoms with van der Waals surface area (Å²) in [5, 5.41) is 6.42. The zero-order chi connectivity index (χ0) is 13.9. The number of anilines is 3. The number of fused-ring (bicyclic) bond motifs is 1. The summed E-state index contributed by atoms with van der Waals surface area (Å²) in [6.07, 6.45) is 2.59. The number of hydrogen-bond acceptors (Lipinski definition) is 5. The minimum atomic E-state index is 0.838. The molecule has 1 aromatic carbocycles. The van der Waals surface area contributed by atoms with Crippen molar-refractivity contribution in [2.24, 2.45) is 0 Å². The van der Waals surface area contributed by atoms with Crippen molar-refractivity contribution in [3.05, 3.63) is 41.9 Å². The first-order chi connectivity index (χ1) is 9.83. The van der Waals surface area contributed by atoms with Crippen LogP contribution in [0.1, 0.15) is 11.3 Å². The van der Waals surface area contributed by atoms with Crippen LogP contribution in [-0.4, -0.2) is 30.6 Å². The maximum Gasteiger partial charge on any atom is 0.134 e. The van der Waals surface area contributed by atoms with Gasteiger partial charge in [0.2, 0.25) is 0 Å². The fourth-order valence-corrected chi connectivity index (χ4v) is 2.72. The van der Waals surface area contributed by atoms with Crippen LogP contribution >= 0.6 is 0 Å². The number of nitrogens with zero attached hydrogens (tertiary/aromatic N) is 3. The van der Waals surface area contributed by atoms with Crippen molar-refractivity contribution in [2.45, 2.75) is 13.0 Å². The van der Waals surface area contributed by atoms with Crippen molar-refractivity contribution < 1.29 is 0 Å². The normalized spacial score (nSPS) is 13.8. The molecule has 0 saturated heterocycles. The van der Waals surface area contributed by atoms with Crippen LogP contribution in [0.5, 0.6) is 0 Å². The molecular formula is C15H19N5. The minimum Gasteiger partial charge on any atom is -0.386 e. The number of para-hydroxylation sites is 2. The monoisotopic (exact) mass is 269 g/mol. The van der Waals surface area contributed by atoms with E-state index in [1.54, 1.807) is 6.33 Å². The third kappa shape index (κ3) is 2.15. The Labute approximate surface area is 119 Å². The van der Waals surface area contributed by atoms with Crippen LogP contribution in [0, 0.1) is 0 Å². The summed E-state index contributed by atoms with van der Waals surface area (Å²) in [6, 6.07) is 8.38. The van der Waals surface area contributed by atoms with Crippen molar-refractivity contribution in [3.8, 4) is 0 Å². The molecule has 1 aromatic heterocycles. The van der Waals surface area contributed by atoms with Gasteiger partial charge in [-0.25, -0.2) is 9.97 Å². The summed E-state index contributed by atoms with van der Waals surface area (Å²) in [7, 11) is 3.86. The molecule has 5 heteroatoms. The van der Waals surface area contributed by atoms with Gasteiger partial charge in [-0.05, 0) is 12.1 Å². The number of hydrogen-bond donors (Lipinski definition) is 2. The van der Waals surface area contributed by atoms with E-state index in [0.29, 0.717) is 0 Å². The van der Waals surface area contributed by atoms with Gasteiger partial charge in [0.1, 0.15) is 12.1 Å². The zero-order valence-electron chi connectivity index (χ0n) is 11.8. The average molecular weight is 269 g/mol. The van der Waals surface area contributed by atoms with Gasteiger partial charge in [-0.15, -0.1) is 0 Å². The van der Waals surface area contributed by atoms with E-state index in [4.69, 9.17) is 0 Å². The van der Waals surface area contributed by atoms with Gasteiger partial charge in [0.25, 0.3) is 0 Å². The Morgan fingerprint density at radius 2 is 1.95 bits per heavy atom.